The molecule has 7 heteroatoms. The van der Waals surface area contributed by atoms with Crippen LogP contribution >= 0.6 is 22.9 Å². The predicted molar refractivity (Wildman–Crippen MR) is 70.8 cm³/mol. The minimum Gasteiger partial charge on any atom is -0.241 e. The van der Waals surface area contributed by atoms with Crippen LogP contribution in [-0.4, -0.2) is 25.4 Å². The fourth-order valence-electron chi connectivity index (χ4n) is 1.85. The van der Waals surface area contributed by atoms with Crippen molar-refractivity contribution in [1.82, 2.24) is 25.4 Å². The third-order valence-corrected chi connectivity index (χ3v) is 4.09. The van der Waals surface area contributed by atoms with Crippen LogP contribution in [0.4, 0.5) is 0 Å². The van der Waals surface area contributed by atoms with E-state index in [4.69, 9.17) is 11.6 Å². The molecule has 0 radical (unpaired) electrons. The van der Waals surface area contributed by atoms with Crippen LogP contribution in [0.2, 0.25) is 5.15 Å². The minimum absolute atomic E-state index is 0.342. The molecule has 0 saturated carbocycles. The zero-order valence-corrected chi connectivity index (χ0v) is 10.4. The van der Waals surface area contributed by atoms with E-state index in [1.807, 2.05) is 24.3 Å². The molecule has 0 amide bonds. The molecule has 0 N–H and O–H groups in total. The van der Waals surface area contributed by atoms with Gasteiger partial charge in [-0.3, -0.25) is 0 Å². The van der Waals surface area contributed by atoms with Gasteiger partial charge in [-0.05, 0) is 17.3 Å². The largest absolute Gasteiger partial charge is 0.241 e. The van der Waals surface area contributed by atoms with Crippen LogP contribution in [-0.2, 0) is 0 Å². The van der Waals surface area contributed by atoms with Crippen molar-refractivity contribution in [2.45, 2.75) is 0 Å². The third-order valence-electron chi connectivity index (χ3n) is 2.64. The summed E-state index contributed by atoms with van der Waals surface area (Å²) in [7, 11) is 0. The standard InChI is InChI=1S/C11H4ClN5S/c12-10-9-7(15-17-16-10)8-11(18-9)14-6-4-2-1-3-5(6)13-8/h1-4H. The maximum Gasteiger partial charge on any atom is 0.173 e. The highest BCUT2D eigenvalue weighted by atomic mass is 35.5. The van der Waals surface area contributed by atoms with Gasteiger partial charge in [0.1, 0.15) is 15.9 Å². The van der Waals surface area contributed by atoms with Crippen molar-refractivity contribution in [3.05, 3.63) is 29.4 Å². The quantitative estimate of drug-likeness (QED) is 0.493. The molecule has 18 heavy (non-hydrogen) atoms. The Morgan fingerprint density at radius 2 is 1.72 bits per heavy atom. The van der Waals surface area contributed by atoms with Crippen LogP contribution in [0.5, 0.6) is 0 Å². The lowest BCUT2D eigenvalue weighted by Gasteiger charge is -1.95. The summed E-state index contributed by atoms with van der Waals surface area (Å²) in [5.74, 6) is 0. The molecular weight excluding hydrogens is 270 g/mol. The maximum atomic E-state index is 6.00. The molecule has 4 rings (SSSR count). The lowest BCUT2D eigenvalue weighted by atomic mass is 10.3. The lowest BCUT2D eigenvalue weighted by molar-refractivity contribution is 0.899. The van der Waals surface area contributed by atoms with E-state index in [1.54, 1.807) is 0 Å². The van der Waals surface area contributed by atoms with Gasteiger partial charge in [-0.25, -0.2) is 9.97 Å². The van der Waals surface area contributed by atoms with Crippen LogP contribution in [0.25, 0.3) is 31.6 Å². The number of benzene rings is 1. The average molecular weight is 274 g/mol. The van der Waals surface area contributed by atoms with E-state index < -0.39 is 0 Å². The number of fused-ring (bicyclic) bond motifs is 4. The molecule has 86 valence electrons. The molecule has 0 aliphatic carbocycles. The Hall–Kier alpha value is -1.92. The number of thiophene rings is 1. The highest BCUT2D eigenvalue weighted by Crippen LogP contribution is 2.33. The van der Waals surface area contributed by atoms with Gasteiger partial charge in [-0.15, -0.1) is 21.5 Å². The first kappa shape index (κ1) is 10.0. The second-order valence-electron chi connectivity index (χ2n) is 3.73. The molecule has 0 spiro atoms. The topological polar surface area (TPSA) is 64.5 Å². The van der Waals surface area contributed by atoms with E-state index in [9.17, 15) is 0 Å². The fourth-order valence-corrected chi connectivity index (χ4v) is 3.02. The summed E-state index contributed by atoms with van der Waals surface area (Å²) in [5, 5.41) is 11.7. The average Bonchev–Trinajstić information content (AvgIpc) is 2.76. The van der Waals surface area contributed by atoms with Gasteiger partial charge in [-0.1, -0.05) is 23.7 Å². The Kier molecular flexibility index (Phi) is 1.97. The van der Waals surface area contributed by atoms with Gasteiger partial charge < -0.3 is 0 Å². The van der Waals surface area contributed by atoms with Gasteiger partial charge in [-0.2, -0.15) is 0 Å². The van der Waals surface area contributed by atoms with Crippen molar-refractivity contribution in [3.8, 4) is 0 Å². The normalized spacial score (nSPS) is 11.6. The number of nitrogens with zero attached hydrogens (tertiary/aromatic N) is 5. The zero-order valence-electron chi connectivity index (χ0n) is 8.83. The second kappa shape index (κ2) is 3.54. The smallest absolute Gasteiger partial charge is 0.173 e. The lowest BCUT2D eigenvalue weighted by Crippen LogP contribution is -1.88. The summed E-state index contributed by atoms with van der Waals surface area (Å²) >= 11 is 7.43. The molecule has 3 aromatic heterocycles. The SMILES string of the molecule is Clc1nnnc2c1sc1nc3ccccc3nc12. The summed E-state index contributed by atoms with van der Waals surface area (Å²) < 4.78 is 0.775. The predicted octanol–water partition coefficient (Wildman–Crippen LogP) is 2.84. The number of halogens is 1. The second-order valence-corrected chi connectivity index (χ2v) is 5.08. The van der Waals surface area contributed by atoms with E-state index in [0.717, 1.165) is 26.1 Å². The Morgan fingerprint density at radius 3 is 2.56 bits per heavy atom. The molecule has 5 nitrogen and oxygen atoms in total. The first-order valence-corrected chi connectivity index (χ1v) is 6.36. The van der Waals surface area contributed by atoms with E-state index in [-0.39, 0.29) is 0 Å². The molecule has 0 atom stereocenters. The summed E-state index contributed by atoms with van der Waals surface area (Å²) in [5.41, 5.74) is 3.08. The van der Waals surface area contributed by atoms with Gasteiger partial charge in [0.2, 0.25) is 0 Å². The first-order valence-electron chi connectivity index (χ1n) is 5.17. The Morgan fingerprint density at radius 1 is 0.944 bits per heavy atom. The van der Waals surface area contributed by atoms with Crippen LogP contribution in [0.3, 0.4) is 0 Å². The Balaban J connectivity index is 2.27. The number of para-hydroxylation sites is 2. The van der Waals surface area contributed by atoms with E-state index in [0.29, 0.717) is 10.7 Å². The molecule has 0 saturated heterocycles. The zero-order chi connectivity index (χ0) is 12.1. The van der Waals surface area contributed by atoms with Crippen LogP contribution in [0.1, 0.15) is 0 Å². The van der Waals surface area contributed by atoms with Gasteiger partial charge in [0, 0.05) is 0 Å². The van der Waals surface area contributed by atoms with Crippen LogP contribution in [0.15, 0.2) is 24.3 Å². The molecule has 1 aromatic carbocycles. The van der Waals surface area contributed by atoms with E-state index in [2.05, 4.69) is 25.4 Å². The van der Waals surface area contributed by atoms with Crippen molar-refractivity contribution in [2.24, 2.45) is 0 Å². The van der Waals surface area contributed by atoms with Crippen molar-refractivity contribution in [2.75, 3.05) is 0 Å². The van der Waals surface area contributed by atoms with E-state index >= 15 is 0 Å². The monoisotopic (exact) mass is 273 g/mol. The van der Waals surface area contributed by atoms with Gasteiger partial charge in [0.15, 0.2) is 5.15 Å². The summed E-state index contributed by atoms with van der Waals surface area (Å²) in [6.07, 6.45) is 0. The number of rotatable bonds is 0. The molecule has 0 fully saturated rings. The summed E-state index contributed by atoms with van der Waals surface area (Å²) in [4.78, 5) is 9.92. The van der Waals surface area contributed by atoms with Crippen molar-refractivity contribution < 1.29 is 0 Å². The molecule has 0 bridgehead atoms. The molecule has 4 aromatic rings. The van der Waals surface area contributed by atoms with Crippen molar-refractivity contribution in [1.29, 1.82) is 0 Å². The highest BCUT2D eigenvalue weighted by Gasteiger charge is 2.14. The minimum atomic E-state index is 0.342. The maximum absolute atomic E-state index is 6.00. The molecular formula is C11H4ClN5S. The van der Waals surface area contributed by atoms with E-state index in [1.165, 1.54) is 11.3 Å². The van der Waals surface area contributed by atoms with Crippen molar-refractivity contribution >= 4 is 54.5 Å². The summed E-state index contributed by atoms with van der Waals surface area (Å²) in [6, 6.07) is 7.71. The number of aromatic nitrogens is 5. The molecule has 0 unspecified atom stereocenters. The van der Waals surface area contributed by atoms with Gasteiger partial charge in [0.25, 0.3) is 0 Å². The van der Waals surface area contributed by atoms with Crippen LogP contribution in [0, 0.1) is 0 Å². The first-order chi connectivity index (χ1) is 8.83. The Labute approximate surface area is 109 Å². The Bertz CT molecular complexity index is 904. The van der Waals surface area contributed by atoms with Gasteiger partial charge >= 0.3 is 0 Å². The number of hydrogen-bond donors (Lipinski definition) is 0. The fraction of sp³-hybridized carbons (Fsp3) is 0. The van der Waals surface area contributed by atoms with Crippen molar-refractivity contribution in [3.63, 3.8) is 0 Å². The highest BCUT2D eigenvalue weighted by molar-refractivity contribution is 7.25. The van der Waals surface area contributed by atoms with Gasteiger partial charge in [0.05, 0.1) is 15.7 Å². The number of hydrogen-bond acceptors (Lipinski definition) is 6. The molecule has 0 aliphatic heterocycles. The molecule has 0 aliphatic rings. The third kappa shape index (κ3) is 1.30. The molecule has 3 heterocycles. The van der Waals surface area contributed by atoms with Crippen LogP contribution < -0.4 is 0 Å². The summed E-state index contributed by atoms with van der Waals surface area (Å²) in [6.45, 7) is 0.